The van der Waals surface area contributed by atoms with Gasteiger partial charge in [0.2, 0.25) is 0 Å². The molecule has 0 bridgehead atoms. The van der Waals surface area contributed by atoms with Crippen molar-refractivity contribution in [2.75, 3.05) is 6.61 Å². The lowest BCUT2D eigenvalue weighted by Gasteiger charge is -2.66. The standard InChI is InChI=1S/C40H46O10/c1-8-21(2)36(43)49-30-18-29(47-23(4)41)38(5)20-46-33-34(38)39(30,6)28-17-31(42)48-27-16-26(25-14-15-45-19-25)22(3)32(27)40(28,7)35(33)50-37(44)24-12-10-9-11-13-24/h8-15,19,26-30,33-35H,16-18,20H2,1-7H3/b21-8+/t26-,27+,28+,29-,30+,33-,34+,35-,38-,39+,40-/m1/s1. The molecule has 3 aliphatic carbocycles. The molecule has 11 atom stereocenters. The van der Waals surface area contributed by atoms with E-state index in [0.717, 1.165) is 16.7 Å². The van der Waals surface area contributed by atoms with Crippen molar-refractivity contribution in [3.63, 3.8) is 0 Å². The summed E-state index contributed by atoms with van der Waals surface area (Å²) in [6.07, 6.45) is 2.22. The first-order valence-corrected chi connectivity index (χ1v) is 17.6. The maximum Gasteiger partial charge on any atom is 0.338 e. The molecule has 4 fully saturated rings. The van der Waals surface area contributed by atoms with Crippen molar-refractivity contribution in [3.8, 4) is 0 Å². The van der Waals surface area contributed by atoms with Crippen LogP contribution >= 0.6 is 0 Å². The summed E-state index contributed by atoms with van der Waals surface area (Å²) in [4.78, 5) is 54.3. The summed E-state index contributed by atoms with van der Waals surface area (Å²) in [6.45, 7) is 13.3. The molecule has 0 N–H and O–H groups in total. The van der Waals surface area contributed by atoms with E-state index in [4.69, 9.17) is 28.1 Å². The third-order valence-corrected chi connectivity index (χ3v) is 13.0. The summed E-state index contributed by atoms with van der Waals surface area (Å²) < 4.78 is 37.7. The Hall–Kier alpha value is -4.18. The molecule has 5 aliphatic rings. The lowest BCUT2D eigenvalue weighted by molar-refractivity contribution is -0.253. The fraction of sp³-hybridized carbons (Fsp3) is 0.550. The van der Waals surface area contributed by atoms with E-state index in [-0.39, 0.29) is 31.3 Å². The zero-order chi connectivity index (χ0) is 35.7. The quantitative estimate of drug-likeness (QED) is 0.144. The third-order valence-electron chi connectivity index (χ3n) is 13.0. The number of ether oxygens (including phenoxy) is 5. The Morgan fingerprint density at radius 2 is 1.70 bits per heavy atom. The van der Waals surface area contributed by atoms with Crippen LogP contribution in [0.1, 0.15) is 89.6 Å². The molecule has 10 nitrogen and oxygen atoms in total. The van der Waals surface area contributed by atoms with Gasteiger partial charge in [-0.1, -0.05) is 50.6 Å². The average Bonchev–Trinajstić information content (AvgIpc) is 3.80. The molecule has 2 aromatic rings. The molecule has 266 valence electrons. The van der Waals surface area contributed by atoms with Gasteiger partial charge in [-0.15, -0.1) is 0 Å². The number of carbonyl (C=O) groups is 4. The Kier molecular flexibility index (Phi) is 8.40. The number of carbonyl (C=O) groups excluding carboxylic acids is 4. The first-order chi connectivity index (χ1) is 23.7. The number of rotatable bonds is 6. The number of fused-ring (bicyclic) bond motifs is 4. The number of allylic oxidation sites excluding steroid dienone is 2. The highest BCUT2D eigenvalue weighted by Crippen LogP contribution is 2.72. The van der Waals surface area contributed by atoms with E-state index in [2.05, 4.69) is 20.8 Å². The van der Waals surface area contributed by atoms with Crippen molar-refractivity contribution in [2.24, 2.45) is 28.1 Å². The van der Waals surface area contributed by atoms with Gasteiger partial charge in [-0.25, -0.2) is 9.59 Å². The molecule has 3 heterocycles. The normalized spacial score (nSPS) is 39.0. The number of furan rings is 1. The summed E-state index contributed by atoms with van der Waals surface area (Å²) in [7, 11) is 0. The minimum Gasteiger partial charge on any atom is -0.472 e. The van der Waals surface area contributed by atoms with Gasteiger partial charge in [-0.05, 0) is 62.4 Å². The SMILES string of the molecule is C/C=C(\C)C(=O)O[C@H]1C[C@@H](OC(C)=O)[C@@]2(C)CO[C@H]3[C@@H](OC(=O)c4ccccc4)[C@@]4(C)C5=C(C)[C@H](c6ccoc6)C[C@@H]5OC(=O)C[C@H]4[C@]1(C)[C@@H]32. The van der Waals surface area contributed by atoms with Gasteiger partial charge in [0, 0.05) is 53.4 Å². The van der Waals surface area contributed by atoms with E-state index < -0.39 is 76.5 Å². The highest BCUT2D eigenvalue weighted by atomic mass is 16.6. The van der Waals surface area contributed by atoms with Crippen LogP contribution in [-0.4, -0.2) is 61.0 Å². The maximum absolute atomic E-state index is 14.1. The molecule has 1 aromatic carbocycles. The van der Waals surface area contributed by atoms with Crippen LogP contribution in [0.15, 0.2) is 76.1 Å². The van der Waals surface area contributed by atoms with Gasteiger partial charge in [0.05, 0.1) is 30.8 Å². The minimum atomic E-state index is -1.00. The average molecular weight is 687 g/mol. The predicted octanol–water partition coefficient (Wildman–Crippen LogP) is 6.50. The van der Waals surface area contributed by atoms with Crippen LogP contribution in [-0.2, 0) is 38.1 Å². The molecule has 10 heteroatoms. The van der Waals surface area contributed by atoms with Crippen molar-refractivity contribution in [2.45, 2.75) is 104 Å². The van der Waals surface area contributed by atoms with Crippen LogP contribution in [0.4, 0.5) is 0 Å². The number of benzene rings is 1. The van der Waals surface area contributed by atoms with Gasteiger partial charge in [-0.3, -0.25) is 9.59 Å². The maximum atomic E-state index is 14.1. The van der Waals surface area contributed by atoms with Crippen LogP contribution in [0.3, 0.4) is 0 Å². The van der Waals surface area contributed by atoms with Gasteiger partial charge < -0.3 is 28.1 Å². The molecular weight excluding hydrogens is 640 g/mol. The first-order valence-electron chi connectivity index (χ1n) is 17.6. The van der Waals surface area contributed by atoms with Gasteiger partial charge in [-0.2, -0.15) is 0 Å². The Morgan fingerprint density at radius 3 is 2.36 bits per heavy atom. The number of hydrogen-bond acceptors (Lipinski definition) is 10. The Balaban J connectivity index is 1.46. The molecule has 0 radical (unpaired) electrons. The summed E-state index contributed by atoms with van der Waals surface area (Å²) in [5, 5.41) is 0. The largest absolute Gasteiger partial charge is 0.472 e. The minimum absolute atomic E-state index is 0.00419. The van der Waals surface area contributed by atoms with Crippen molar-refractivity contribution in [1.82, 2.24) is 0 Å². The molecule has 7 rings (SSSR count). The predicted molar refractivity (Wildman–Crippen MR) is 179 cm³/mol. The molecule has 0 unspecified atom stereocenters. The Bertz CT molecular complexity index is 1760. The summed E-state index contributed by atoms with van der Waals surface area (Å²) >= 11 is 0. The zero-order valence-corrected chi connectivity index (χ0v) is 29.7. The van der Waals surface area contributed by atoms with Crippen LogP contribution < -0.4 is 0 Å². The van der Waals surface area contributed by atoms with Crippen LogP contribution in [0.2, 0.25) is 0 Å². The van der Waals surface area contributed by atoms with Crippen molar-refractivity contribution >= 4 is 23.9 Å². The van der Waals surface area contributed by atoms with Gasteiger partial charge in [0.1, 0.15) is 24.4 Å². The van der Waals surface area contributed by atoms with Crippen LogP contribution in [0, 0.1) is 28.1 Å². The highest BCUT2D eigenvalue weighted by molar-refractivity contribution is 5.89. The first kappa shape index (κ1) is 34.3. The monoisotopic (exact) mass is 686 g/mol. The molecule has 2 saturated carbocycles. The van der Waals surface area contributed by atoms with Crippen molar-refractivity contribution in [3.05, 3.63) is 82.8 Å². The highest BCUT2D eigenvalue weighted by Gasteiger charge is 2.78. The zero-order valence-electron chi connectivity index (χ0n) is 29.7. The van der Waals surface area contributed by atoms with Crippen LogP contribution in [0.5, 0.6) is 0 Å². The Morgan fingerprint density at radius 1 is 0.960 bits per heavy atom. The van der Waals surface area contributed by atoms with Crippen molar-refractivity contribution < 1.29 is 47.3 Å². The Labute approximate surface area is 292 Å². The van der Waals surface area contributed by atoms with E-state index >= 15 is 0 Å². The topological polar surface area (TPSA) is 128 Å². The van der Waals surface area contributed by atoms with E-state index in [9.17, 15) is 19.2 Å². The summed E-state index contributed by atoms with van der Waals surface area (Å²) in [6, 6.07) is 10.7. The molecule has 1 aromatic heterocycles. The molecule has 0 spiro atoms. The van der Waals surface area contributed by atoms with E-state index in [0.29, 0.717) is 17.6 Å². The summed E-state index contributed by atoms with van der Waals surface area (Å²) in [5.41, 5.74) is 1.06. The fourth-order valence-electron chi connectivity index (χ4n) is 10.7. The molecule has 0 amide bonds. The lowest BCUT2D eigenvalue weighted by atomic mass is 9.39. The van der Waals surface area contributed by atoms with Gasteiger partial charge in [0.25, 0.3) is 0 Å². The van der Waals surface area contributed by atoms with E-state index in [1.54, 1.807) is 56.7 Å². The van der Waals surface area contributed by atoms with E-state index in [1.807, 2.05) is 19.1 Å². The molecule has 2 aliphatic heterocycles. The van der Waals surface area contributed by atoms with E-state index in [1.165, 1.54) is 6.92 Å². The second-order valence-electron chi connectivity index (χ2n) is 15.5. The molecule has 2 saturated heterocycles. The molecule has 50 heavy (non-hydrogen) atoms. The third kappa shape index (κ3) is 5.00. The van der Waals surface area contributed by atoms with Gasteiger partial charge >= 0.3 is 23.9 Å². The smallest absolute Gasteiger partial charge is 0.338 e. The number of hydrogen-bond donors (Lipinski definition) is 0. The fourth-order valence-corrected chi connectivity index (χ4v) is 10.7. The molecular formula is C40H46O10. The summed E-state index contributed by atoms with van der Waals surface area (Å²) in [5.74, 6) is -2.88. The number of esters is 4. The van der Waals surface area contributed by atoms with Gasteiger partial charge in [0.15, 0.2) is 0 Å². The second kappa shape index (κ2) is 12.2. The lowest BCUT2D eigenvalue weighted by Crippen LogP contribution is -2.72. The van der Waals surface area contributed by atoms with Crippen LogP contribution in [0.25, 0.3) is 0 Å². The second-order valence-corrected chi connectivity index (χ2v) is 15.5. The van der Waals surface area contributed by atoms with Crippen molar-refractivity contribution in [1.29, 1.82) is 0 Å².